The Hall–Kier alpha value is -4.34. The number of nitrogens with one attached hydrogen (secondary N) is 1. The Labute approximate surface area is 252 Å². The van der Waals surface area contributed by atoms with Gasteiger partial charge in [0.25, 0.3) is 0 Å². The van der Waals surface area contributed by atoms with Gasteiger partial charge in [0, 0.05) is 6.42 Å². The van der Waals surface area contributed by atoms with Crippen LogP contribution in [-0.2, 0) is 41.6 Å². The summed E-state index contributed by atoms with van der Waals surface area (Å²) < 4.78 is 26.8. The van der Waals surface area contributed by atoms with E-state index in [1.54, 1.807) is 39.0 Å². The third-order valence-electron chi connectivity index (χ3n) is 6.63. The van der Waals surface area contributed by atoms with Gasteiger partial charge in [0.15, 0.2) is 0 Å². The summed E-state index contributed by atoms with van der Waals surface area (Å²) in [5, 5.41) is 2.69. The fourth-order valence-corrected chi connectivity index (χ4v) is 4.68. The first-order valence-corrected chi connectivity index (χ1v) is 14.5. The van der Waals surface area contributed by atoms with Gasteiger partial charge in [0.05, 0.1) is 0 Å². The molecule has 0 heterocycles. The molecule has 1 N–H and O–H groups in total. The average Bonchev–Trinajstić information content (AvgIpc) is 2.97. The molecule has 1 amide bonds. The van der Waals surface area contributed by atoms with Gasteiger partial charge < -0.3 is 29.0 Å². The zero-order valence-corrected chi connectivity index (χ0v) is 25.0. The van der Waals surface area contributed by atoms with Crippen LogP contribution in [0.2, 0.25) is 0 Å². The number of hydrogen-bond acceptors (Lipinski definition) is 9. The Morgan fingerprint density at radius 1 is 0.930 bits per heavy atom. The number of alkyl carbamates (subject to hydrolysis) is 1. The van der Waals surface area contributed by atoms with Crippen molar-refractivity contribution in [2.45, 2.75) is 83.6 Å². The molecule has 1 aliphatic carbocycles. The highest BCUT2D eigenvalue weighted by atomic mass is 16.7. The number of carbonyl (C=O) groups excluding carboxylic acids is 4. The summed E-state index contributed by atoms with van der Waals surface area (Å²) in [5.41, 5.74) is 0.541. The molecule has 2 atom stereocenters. The normalized spacial score (nSPS) is 14.9. The van der Waals surface area contributed by atoms with Crippen molar-refractivity contribution in [2.75, 3.05) is 6.61 Å². The summed E-state index contributed by atoms with van der Waals surface area (Å²) >= 11 is 0. The summed E-state index contributed by atoms with van der Waals surface area (Å²) in [6.07, 6.45) is 2.66. The predicted octanol–water partition coefficient (Wildman–Crippen LogP) is 6.06. The van der Waals surface area contributed by atoms with Gasteiger partial charge >= 0.3 is 24.2 Å². The topological polar surface area (TPSA) is 126 Å². The Kier molecular flexibility index (Phi) is 12.6. The van der Waals surface area contributed by atoms with E-state index in [-0.39, 0.29) is 31.3 Å². The summed E-state index contributed by atoms with van der Waals surface area (Å²) in [6, 6.07) is 14.5. The second kappa shape index (κ2) is 16.3. The van der Waals surface area contributed by atoms with Crippen molar-refractivity contribution in [1.82, 2.24) is 5.32 Å². The van der Waals surface area contributed by atoms with Crippen LogP contribution in [0.3, 0.4) is 0 Å². The van der Waals surface area contributed by atoms with Gasteiger partial charge in [0.1, 0.15) is 30.6 Å². The number of ether oxygens (including phenoxy) is 5. The molecule has 43 heavy (non-hydrogen) atoms. The lowest BCUT2D eigenvalue weighted by Gasteiger charge is -2.31. The molecule has 1 fully saturated rings. The highest BCUT2D eigenvalue weighted by Gasteiger charge is 2.36. The highest BCUT2D eigenvalue weighted by molar-refractivity contribution is 5.85. The lowest BCUT2D eigenvalue weighted by molar-refractivity contribution is -0.170. The first-order chi connectivity index (χ1) is 20.5. The number of benzene rings is 2. The van der Waals surface area contributed by atoms with Gasteiger partial charge in [0.2, 0.25) is 6.10 Å². The standard InChI is InChI=1S/C33H41NO9/c1-5-19-39-32(38)41-26-18-12-15-24(20-26)21-27(29(35)40-22-23-13-8-6-9-14-23)42-30(36)28(25-16-10-7-11-17-25)34-31(37)43-33(2,3)4/h5-6,8-9,12-15,18,20,25,27-28H,1,7,10-11,16-17,19,21-22H2,2-4H3,(H,34,37). The van der Waals surface area contributed by atoms with Crippen LogP contribution in [0.15, 0.2) is 67.3 Å². The molecule has 0 radical (unpaired) electrons. The minimum atomic E-state index is -1.34. The lowest BCUT2D eigenvalue weighted by Crippen LogP contribution is -2.50. The monoisotopic (exact) mass is 595 g/mol. The second-order valence-electron chi connectivity index (χ2n) is 11.3. The molecule has 2 aromatic rings. The molecule has 3 rings (SSSR count). The molecule has 2 aromatic carbocycles. The van der Waals surface area contributed by atoms with Crippen LogP contribution in [0, 0.1) is 5.92 Å². The molecule has 1 saturated carbocycles. The largest absolute Gasteiger partial charge is 0.514 e. The molecule has 1 aliphatic rings. The fourth-order valence-electron chi connectivity index (χ4n) is 4.68. The number of rotatable bonds is 12. The van der Waals surface area contributed by atoms with Crippen LogP contribution in [0.1, 0.15) is 64.0 Å². The van der Waals surface area contributed by atoms with Gasteiger partial charge in [-0.1, -0.05) is 74.4 Å². The Balaban J connectivity index is 1.80. The molecular formula is C33H41NO9. The molecule has 0 spiro atoms. The van der Waals surface area contributed by atoms with Crippen LogP contribution >= 0.6 is 0 Å². The SMILES string of the molecule is C=CCOC(=O)Oc1cccc(CC(OC(=O)C(NC(=O)OC(C)(C)C)C2CCCCC2)C(=O)OCc2ccccc2)c1. The molecule has 0 aromatic heterocycles. The van der Waals surface area contributed by atoms with Crippen molar-refractivity contribution in [3.63, 3.8) is 0 Å². The molecule has 232 valence electrons. The van der Waals surface area contributed by atoms with Crippen molar-refractivity contribution >= 4 is 24.2 Å². The van der Waals surface area contributed by atoms with Crippen molar-refractivity contribution in [3.05, 3.63) is 78.4 Å². The maximum absolute atomic E-state index is 13.6. The van der Waals surface area contributed by atoms with Crippen LogP contribution in [0.25, 0.3) is 0 Å². The second-order valence-corrected chi connectivity index (χ2v) is 11.3. The molecule has 0 saturated heterocycles. The zero-order chi connectivity index (χ0) is 31.2. The van der Waals surface area contributed by atoms with Gasteiger partial charge in [-0.2, -0.15) is 0 Å². The van der Waals surface area contributed by atoms with Gasteiger partial charge in [-0.3, -0.25) is 0 Å². The van der Waals surface area contributed by atoms with E-state index in [1.807, 2.05) is 30.3 Å². The summed E-state index contributed by atoms with van der Waals surface area (Å²) in [4.78, 5) is 51.5. The first-order valence-electron chi connectivity index (χ1n) is 14.5. The molecule has 10 heteroatoms. The average molecular weight is 596 g/mol. The summed E-state index contributed by atoms with van der Waals surface area (Å²) in [7, 11) is 0. The van der Waals surface area contributed by atoms with Gasteiger partial charge in [-0.25, -0.2) is 19.2 Å². The van der Waals surface area contributed by atoms with E-state index in [9.17, 15) is 19.2 Å². The molecular weight excluding hydrogens is 554 g/mol. The Morgan fingerprint density at radius 2 is 1.63 bits per heavy atom. The van der Waals surface area contributed by atoms with E-state index in [4.69, 9.17) is 23.7 Å². The quantitative estimate of drug-likeness (QED) is 0.135. The van der Waals surface area contributed by atoms with Gasteiger partial charge in [-0.15, -0.1) is 0 Å². The van der Waals surface area contributed by atoms with Crippen LogP contribution in [-0.4, -0.2) is 48.5 Å². The number of hydrogen-bond donors (Lipinski definition) is 1. The van der Waals surface area contributed by atoms with Gasteiger partial charge in [-0.05, 0) is 62.8 Å². The third-order valence-corrected chi connectivity index (χ3v) is 6.63. The number of amides is 1. The minimum absolute atomic E-state index is 0.0106. The molecule has 2 unspecified atom stereocenters. The van der Waals surface area contributed by atoms with E-state index in [2.05, 4.69) is 11.9 Å². The van der Waals surface area contributed by atoms with Crippen molar-refractivity contribution in [3.8, 4) is 5.75 Å². The molecule has 0 bridgehead atoms. The zero-order valence-electron chi connectivity index (χ0n) is 25.0. The Bertz CT molecular complexity index is 1230. The van der Waals surface area contributed by atoms with Crippen molar-refractivity contribution in [1.29, 1.82) is 0 Å². The van der Waals surface area contributed by atoms with Crippen LogP contribution < -0.4 is 10.1 Å². The maximum atomic E-state index is 13.6. The smallest absolute Gasteiger partial charge is 0.458 e. The first kappa shape index (κ1) is 33.2. The number of esters is 2. The van der Waals surface area contributed by atoms with Crippen molar-refractivity contribution in [2.24, 2.45) is 5.92 Å². The van der Waals surface area contributed by atoms with E-state index in [0.717, 1.165) is 37.7 Å². The van der Waals surface area contributed by atoms with Crippen molar-refractivity contribution < 1.29 is 42.9 Å². The molecule has 10 nitrogen and oxygen atoms in total. The van der Waals surface area contributed by atoms with Crippen LogP contribution in [0.4, 0.5) is 9.59 Å². The third kappa shape index (κ3) is 11.8. The van der Waals surface area contributed by atoms with Crippen LogP contribution in [0.5, 0.6) is 5.75 Å². The van der Waals surface area contributed by atoms with E-state index in [0.29, 0.717) is 5.56 Å². The maximum Gasteiger partial charge on any atom is 0.514 e. The molecule has 0 aliphatic heterocycles. The van der Waals surface area contributed by atoms with E-state index in [1.165, 1.54) is 12.1 Å². The predicted molar refractivity (Wildman–Crippen MR) is 158 cm³/mol. The summed E-state index contributed by atoms with van der Waals surface area (Å²) in [5.74, 6) is -1.50. The lowest BCUT2D eigenvalue weighted by atomic mass is 9.84. The van der Waals surface area contributed by atoms with E-state index >= 15 is 0 Å². The highest BCUT2D eigenvalue weighted by Crippen LogP contribution is 2.28. The number of carbonyl (C=O) groups is 4. The summed E-state index contributed by atoms with van der Waals surface area (Å²) in [6.45, 7) is 8.65. The minimum Gasteiger partial charge on any atom is -0.458 e. The fraction of sp³-hybridized carbons (Fsp3) is 0.455. The Morgan fingerprint density at radius 3 is 2.30 bits per heavy atom. The van der Waals surface area contributed by atoms with E-state index < -0.39 is 41.9 Å².